The molecule has 1 fully saturated rings. The van der Waals surface area contributed by atoms with E-state index in [-0.39, 0.29) is 11.0 Å². The van der Waals surface area contributed by atoms with E-state index in [1.54, 1.807) is 6.92 Å². The zero-order chi connectivity index (χ0) is 15.1. The highest BCUT2D eigenvalue weighted by Gasteiger charge is 2.41. The third kappa shape index (κ3) is 2.73. The van der Waals surface area contributed by atoms with Crippen LogP contribution in [0.4, 0.5) is 8.78 Å². The van der Waals surface area contributed by atoms with E-state index in [2.05, 4.69) is 20.8 Å². The van der Waals surface area contributed by atoms with Gasteiger partial charge in [0.1, 0.15) is 11.6 Å². The fourth-order valence-electron chi connectivity index (χ4n) is 3.29. The molecule has 1 aromatic rings. The Hall–Kier alpha value is -0.960. The number of hydrogen-bond acceptors (Lipinski definition) is 1. The summed E-state index contributed by atoms with van der Waals surface area (Å²) in [5.41, 5.74) is -0.940. The Morgan fingerprint density at radius 3 is 2.20 bits per heavy atom. The normalized spacial score (nSPS) is 27.6. The molecular weight excluding hydrogens is 258 g/mol. The van der Waals surface area contributed by atoms with Crippen molar-refractivity contribution in [3.05, 3.63) is 34.9 Å². The van der Waals surface area contributed by atoms with Crippen LogP contribution in [0, 0.1) is 29.9 Å². The largest absolute Gasteiger partial charge is 0.385 e. The summed E-state index contributed by atoms with van der Waals surface area (Å²) in [6.45, 7) is 8.13. The molecule has 0 aliphatic heterocycles. The van der Waals surface area contributed by atoms with Gasteiger partial charge in [0.05, 0.1) is 11.2 Å². The molecule has 1 aromatic carbocycles. The molecule has 2 rings (SSSR count). The standard InChI is InChI=1S/C17H24F2O/c1-11-5-6-13(18)14(15(11)19)17(20)9-7-12(8-10-17)16(2,3)4/h5-6,12,20H,7-10H2,1-4H3. The molecule has 1 aliphatic carbocycles. The summed E-state index contributed by atoms with van der Waals surface area (Å²) in [6, 6.07) is 2.67. The van der Waals surface area contributed by atoms with E-state index in [1.165, 1.54) is 12.1 Å². The van der Waals surface area contributed by atoms with Gasteiger partial charge in [-0.3, -0.25) is 0 Å². The average Bonchev–Trinajstić information content (AvgIpc) is 2.33. The molecule has 3 heteroatoms. The van der Waals surface area contributed by atoms with Gasteiger partial charge in [-0.15, -0.1) is 0 Å². The van der Waals surface area contributed by atoms with Gasteiger partial charge in [-0.25, -0.2) is 8.78 Å². The van der Waals surface area contributed by atoms with Crippen LogP contribution < -0.4 is 0 Å². The molecule has 0 unspecified atom stereocenters. The molecule has 0 saturated heterocycles. The Bertz CT molecular complexity index is 494. The summed E-state index contributed by atoms with van der Waals surface area (Å²) in [7, 11) is 0. The van der Waals surface area contributed by atoms with E-state index in [1.807, 2.05) is 0 Å². The second-order valence-corrected chi connectivity index (χ2v) is 7.23. The summed E-state index contributed by atoms with van der Waals surface area (Å²) >= 11 is 0. The van der Waals surface area contributed by atoms with E-state index >= 15 is 0 Å². The Morgan fingerprint density at radius 2 is 1.70 bits per heavy atom. The minimum Gasteiger partial charge on any atom is -0.385 e. The van der Waals surface area contributed by atoms with E-state index in [9.17, 15) is 13.9 Å². The third-order valence-corrected chi connectivity index (χ3v) is 4.79. The number of aliphatic hydroxyl groups is 1. The Labute approximate surface area is 120 Å². The predicted molar refractivity (Wildman–Crippen MR) is 76.4 cm³/mol. The predicted octanol–water partition coefficient (Wildman–Crippen LogP) is 4.70. The first kappa shape index (κ1) is 15.4. The van der Waals surface area contributed by atoms with Gasteiger partial charge in [0.2, 0.25) is 0 Å². The maximum atomic E-state index is 14.2. The Balaban J connectivity index is 2.29. The third-order valence-electron chi connectivity index (χ3n) is 4.79. The van der Waals surface area contributed by atoms with Crippen molar-refractivity contribution in [3.8, 4) is 0 Å². The average molecular weight is 282 g/mol. The zero-order valence-corrected chi connectivity index (χ0v) is 12.8. The molecule has 0 bridgehead atoms. The number of hydrogen-bond donors (Lipinski definition) is 1. The molecule has 0 spiro atoms. The lowest BCUT2D eigenvalue weighted by Gasteiger charge is -2.41. The topological polar surface area (TPSA) is 20.2 Å². The highest BCUT2D eigenvalue weighted by molar-refractivity contribution is 5.31. The van der Waals surface area contributed by atoms with Crippen LogP contribution in [0.3, 0.4) is 0 Å². The van der Waals surface area contributed by atoms with Crippen LogP contribution >= 0.6 is 0 Å². The van der Waals surface area contributed by atoms with Gasteiger partial charge in [0.15, 0.2) is 0 Å². The zero-order valence-electron chi connectivity index (χ0n) is 12.8. The highest BCUT2D eigenvalue weighted by Crippen LogP contribution is 2.46. The van der Waals surface area contributed by atoms with Crippen molar-refractivity contribution >= 4 is 0 Å². The van der Waals surface area contributed by atoms with Gasteiger partial charge in [-0.2, -0.15) is 0 Å². The number of halogens is 2. The minimum absolute atomic E-state index is 0.134. The van der Waals surface area contributed by atoms with Crippen molar-refractivity contribution in [1.29, 1.82) is 0 Å². The molecule has 0 amide bonds. The van der Waals surface area contributed by atoms with Crippen LogP contribution in [-0.4, -0.2) is 5.11 Å². The molecule has 1 N–H and O–H groups in total. The lowest BCUT2D eigenvalue weighted by molar-refractivity contribution is -0.0349. The van der Waals surface area contributed by atoms with Crippen LogP contribution in [0.15, 0.2) is 12.1 Å². The van der Waals surface area contributed by atoms with E-state index in [0.29, 0.717) is 24.3 Å². The fraction of sp³-hybridized carbons (Fsp3) is 0.647. The SMILES string of the molecule is Cc1ccc(F)c(C2(O)CCC(C(C)(C)C)CC2)c1F. The monoisotopic (exact) mass is 282 g/mol. The first-order valence-corrected chi connectivity index (χ1v) is 7.32. The molecule has 20 heavy (non-hydrogen) atoms. The van der Waals surface area contributed by atoms with Crippen molar-refractivity contribution in [2.24, 2.45) is 11.3 Å². The number of aryl methyl sites for hydroxylation is 1. The van der Waals surface area contributed by atoms with Crippen molar-refractivity contribution in [2.75, 3.05) is 0 Å². The van der Waals surface area contributed by atoms with Crippen molar-refractivity contribution in [2.45, 2.75) is 59.0 Å². The molecule has 0 aromatic heterocycles. The second-order valence-electron chi connectivity index (χ2n) is 7.23. The molecular formula is C17H24F2O. The molecule has 112 valence electrons. The van der Waals surface area contributed by atoms with E-state index in [0.717, 1.165) is 12.8 Å². The van der Waals surface area contributed by atoms with Crippen LogP contribution in [0.1, 0.15) is 57.6 Å². The first-order chi connectivity index (χ1) is 9.15. The van der Waals surface area contributed by atoms with Crippen molar-refractivity contribution in [1.82, 2.24) is 0 Å². The molecule has 0 atom stereocenters. The lowest BCUT2D eigenvalue weighted by Crippen LogP contribution is -2.37. The summed E-state index contributed by atoms with van der Waals surface area (Å²) < 4.78 is 28.2. The van der Waals surface area contributed by atoms with Crippen LogP contribution in [0.5, 0.6) is 0 Å². The quantitative estimate of drug-likeness (QED) is 0.791. The Morgan fingerprint density at radius 1 is 1.15 bits per heavy atom. The van der Waals surface area contributed by atoms with Gasteiger partial charge in [-0.05, 0) is 55.6 Å². The maximum Gasteiger partial charge on any atom is 0.135 e. The van der Waals surface area contributed by atoms with E-state index in [4.69, 9.17) is 0 Å². The summed E-state index contributed by atoms with van der Waals surface area (Å²) in [4.78, 5) is 0. The molecule has 1 aliphatic rings. The summed E-state index contributed by atoms with van der Waals surface area (Å²) in [5.74, 6) is -0.745. The fourth-order valence-corrected chi connectivity index (χ4v) is 3.29. The van der Waals surface area contributed by atoms with Gasteiger partial charge in [0, 0.05) is 0 Å². The van der Waals surface area contributed by atoms with E-state index < -0.39 is 17.2 Å². The van der Waals surface area contributed by atoms with Gasteiger partial charge in [0.25, 0.3) is 0 Å². The first-order valence-electron chi connectivity index (χ1n) is 7.32. The summed E-state index contributed by atoms with van der Waals surface area (Å²) in [5, 5.41) is 10.7. The van der Waals surface area contributed by atoms with Crippen molar-refractivity contribution in [3.63, 3.8) is 0 Å². The number of rotatable bonds is 1. The maximum absolute atomic E-state index is 14.2. The van der Waals surface area contributed by atoms with Crippen molar-refractivity contribution < 1.29 is 13.9 Å². The molecule has 0 heterocycles. The van der Waals surface area contributed by atoms with Crippen LogP contribution in [0.25, 0.3) is 0 Å². The van der Waals surface area contributed by atoms with Gasteiger partial charge in [-0.1, -0.05) is 26.8 Å². The second kappa shape index (κ2) is 5.10. The van der Waals surface area contributed by atoms with Crippen LogP contribution in [-0.2, 0) is 5.60 Å². The summed E-state index contributed by atoms with van der Waals surface area (Å²) in [6.07, 6.45) is 2.44. The number of benzene rings is 1. The van der Waals surface area contributed by atoms with Gasteiger partial charge >= 0.3 is 0 Å². The molecule has 1 nitrogen and oxygen atoms in total. The van der Waals surface area contributed by atoms with Crippen LogP contribution in [0.2, 0.25) is 0 Å². The Kier molecular flexibility index (Phi) is 3.94. The molecule has 1 saturated carbocycles. The highest BCUT2D eigenvalue weighted by atomic mass is 19.1. The van der Waals surface area contributed by atoms with Gasteiger partial charge < -0.3 is 5.11 Å². The lowest BCUT2D eigenvalue weighted by atomic mass is 9.66. The minimum atomic E-state index is -1.36. The molecule has 0 radical (unpaired) electrons. The smallest absolute Gasteiger partial charge is 0.135 e.